The number of nitrogens with one attached hydrogen (secondary N) is 1. The average Bonchev–Trinajstić information content (AvgIpc) is 3.67. The van der Waals surface area contributed by atoms with Crippen LogP contribution < -0.4 is 20.5 Å². The molecule has 2 N–H and O–H groups in total. The van der Waals surface area contributed by atoms with Crippen molar-refractivity contribution in [3.05, 3.63) is 150 Å². The fourth-order valence-electron chi connectivity index (χ4n) is 6.77. The Kier molecular flexibility index (Phi) is 16.8. The largest absolute Gasteiger partial charge is 0.497 e. The van der Waals surface area contributed by atoms with E-state index in [1.165, 1.54) is 24.3 Å². The summed E-state index contributed by atoms with van der Waals surface area (Å²) >= 11 is 24.0. The molecule has 0 radical (unpaired) electrons. The summed E-state index contributed by atoms with van der Waals surface area (Å²) < 4.78 is 14.3. The van der Waals surface area contributed by atoms with Gasteiger partial charge in [0.2, 0.25) is 0 Å². The van der Waals surface area contributed by atoms with Crippen LogP contribution in [0.3, 0.4) is 0 Å². The van der Waals surface area contributed by atoms with Crippen LogP contribution in [0, 0.1) is 0 Å². The van der Waals surface area contributed by atoms with Crippen LogP contribution in [0.1, 0.15) is 74.4 Å². The number of halogens is 4. The summed E-state index contributed by atoms with van der Waals surface area (Å²) in [6.07, 6.45) is 7.51. The molecule has 1 atom stereocenters. The molecule has 11 nitrogen and oxygen atoms in total. The first-order valence-corrected chi connectivity index (χ1v) is 21.5. The normalized spacial score (nSPS) is 13.8. The van der Waals surface area contributed by atoms with E-state index in [0.717, 1.165) is 66.7 Å². The second-order valence-electron chi connectivity index (χ2n) is 15.3. The van der Waals surface area contributed by atoms with Crippen LogP contribution in [0.15, 0.2) is 95.9 Å². The molecule has 0 bridgehead atoms. The number of imide groups is 1. The number of amides is 3. The van der Waals surface area contributed by atoms with Gasteiger partial charge in [-0.2, -0.15) is 0 Å². The van der Waals surface area contributed by atoms with E-state index in [-0.39, 0.29) is 24.2 Å². The molecule has 3 amide bonds. The molecule has 1 aromatic heterocycles. The summed E-state index contributed by atoms with van der Waals surface area (Å²) in [4.78, 5) is 50.2. The molecule has 15 heteroatoms. The quantitative estimate of drug-likeness (QED) is 0.0837. The summed E-state index contributed by atoms with van der Waals surface area (Å²) in [6, 6.07) is 24.9. The smallest absolute Gasteiger partial charge is 0.347 e. The second kappa shape index (κ2) is 21.7. The number of hydrogen-bond donors (Lipinski definition) is 2. The van der Waals surface area contributed by atoms with Crippen LogP contribution in [0.25, 0.3) is 0 Å². The van der Waals surface area contributed by atoms with Gasteiger partial charge in [-0.15, -0.1) is 0 Å². The fourth-order valence-corrected chi connectivity index (χ4v) is 7.42. The molecule has 6 rings (SSSR count). The van der Waals surface area contributed by atoms with Crippen molar-refractivity contribution in [2.24, 2.45) is 0 Å². The zero-order chi connectivity index (χ0) is 44.3. The van der Waals surface area contributed by atoms with Gasteiger partial charge in [0.15, 0.2) is 5.60 Å². The first kappa shape index (κ1) is 47.1. The number of nitrogens with zero attached hydrogens (tertiary/aromatic N) is 3. The second-order valence-corrected chi connectivity index (χ2v) is 16.9. The van der Waals surface area contributed by atoms with Gasteiger partial charge in [0.05, 0.1) is 40.3 Å². The minimum Gasteiger partial charge on any atom is -0.497 e. The van der Waals surface area contributed by atoms with Crippen molar-refractivity contribution in [2.45, 2.75) is 97.0 Å². The molecule has 324 valence electrons. The molecule has 4 aromatic carbocycles. The number of carbonyl (C=O) groups is 3. The molecule has 1 saturated heterocycles. The monoisotopic (exact) mass is 910 g/mol. The number of carbonyl (C=O) groups excluding carboxylic acids is 2. The lowest BCUT2D eigenvalue weighted by Gasteiger charge is -2.21. The maximum absolute atomic E-state index is 13.0. The van der Waals surface area contributed by atoms with Crippen LogP contribution in [-0.4, -0.2) is 55.8 Å². The molecule has 0 spiro atoms. The zero-order valence-corrected chi connectivity index (χ0v) is 37.6. The van der Waals surface area contributed by atoms with Gasteiger partial charge in [-0.1, -0.05) is 89.7 Å². The van der Waals surface area contributed by atoms with E-state index in [9.17, 15) is 24.3 Å². The molecule has 1 aliphatic rings. The molecule has 0 aliphatic carbocycles. The Balaban J connectivity index is 0.000000237. The number of aryl methyl sites for hydroxylation is 3. The van der Waals surface area contributed by atoms with Crippen molar-refractivity contribution in [3.63, 3.8) is 0 Å². The Labute approximate surface area is 376 Å². The van der Waals surface area contributed by atoms with Gasteiger partial charge in [0.1, 0.15) is 17.5 Å². The van der Waals surface area contributed by atoms with Gasteiger partial charge in [-0.05, 0) is 130 Å². The lowest BCUT2D eigenvalue weighted by molar-refractivity contribution is -0.152. The molecule has 5 aromatic rings. The van der Waals surface area contributed by atoms with Crippen molar-refractivity contribution in [1.82, 2.24) is 19.4 Å². The lowest BCUT2D eigenvalue weighted by Crippen LogP contribution is -2.37. The van der Waals surface area contributed by atoms with Crippen LogP contribution in [0.5, 0.6) is 11.5 Å². The third kappa shape index (κ3) is 13.0. The van der Waals surface area contributed by atoms with E-state index in [4.69, 9.17) is 55.9 Å². The Morgan fingerprint density at radius 3 is 1.82 bits per heavy atom. The highest BCUT2D eigenvalue weighted by atomic mass is 35.5. The van der Waals surface area contributed by atoms with Gasteiger partial charge in [-0.25, -0.2) is 14.4 Å². The van der Waals surface area contributed by atoms with Crippen LogP contribution >= 0.6 is 46.4 Å². The highest BCUT2D eigenvalue weighted by Gasteiger charge is 2.37. The number of rotatable bonds is 18. The third-order valence-electron chi connectivity index (χ3n) is 10.2. The van der Waals surface area contributed by atoms with Crippen molar-refractivity contribution in [2.75, 3.05) is 7.11 Å². The lowest BCUT2D eigenvalue weighted by atomic mass is 10.0. The molecular weight excluding hydrogens is 862 g/mol. The highest BCUT2D eigenvalue weighted by Crippen LogP contribution is 2.26. The van der Waals surface area contributed by atoms with Gasteiger partial charge >= 0.3 is 17.7 Å². The Morgan fingerprint density at radius 1 is 0.738 bits per heavy atom. The Hall–Kier alpha value is -4.94. The number of hydrogen-bond acceptors (Lipinski definition) is 6. The molecular formula is C46H50Cl4N4O7. The summed E-state index contributed by atoms with van der Waals surface area (Å²) in [5.74, 6) is 0.115. The maximum atomic E-state index is 13.0. The van der Waals surface area contributed by atoms with Crippen LogP contribution in [0.2, 0.25) is 20.1 Å². The first-order valence-electron chi connectivity index (χ1n) is 20.0. The number of urea groups is 1. The number of carboxylic acids is 1. The molecule has 1 aliphatic heterocycles. The number of carboxylic acid groups (broad SMARTS) is 1. The van der Waals surface area contributed by atoms with Crippen molar-refractivity contribution >= 4 is 64.3 Å². The van der Waals surface area contributed by atoms with Gasteiger partial charge < -0.3 is 19.9 Å². The number of methoxy groups -OCH3 is 1. The minimum atomic E-state index is -1.28. The van der Waals surface area contributed by atoms with E-state index < -0.39 is 17.6 Å². The van der Waals surface area contributed by atoms with E-state index in [0.29, 0.717) is 45.4 Å². The Morgan fingerprint density at radius 2 is 1.28 bits per heavy atom. The topological polar surface area (TPSA) is 132 Å². The number of imidazole rings is 1. The first-order chi connectivity index (χ1) is 29.1. The number of aromatic nitrogens is 2. The summed E-state index contributed by atoms with van der Waals surface area (Å²) in [7, 11) is 1.63. The minimum absolute atomic E-state index is 0.0227. The third-order valence-corrected chi connectivity index (χ3v) is 11.6. The summed E-state index contributed by atoms with van der Waals surface area (Å²) in [6.45, 7) is 6.39. The maximum Gasteiger partial charge on any atom is 0.347 e. The van der Waals surface area contributed by atoms with Crippen molar-refractivity contribution in [3.8, 4) is 11.5 Å². The molecule has 1 fully saturated rings. The number of ether oxygens (including phenoxy) is 2. The summed E-state index contributed by atoms with van der Waals surface area (Å²) in [5, 5.41) is 13.8. The highest BCUT2D eigenvalue weighted by molar-refractivity contribution is 6.42. The fraction of sp³-hybridized carbons (Fsp3) is 0.348. The van der Waals surface area contributed by atoms with Gasteiger partial charge in [-0.3, -0.25) is 18.8 Å². The summed E-state index contributed by atoms with van der Waals surface area (Å²) in [5.41, 5.74) is 3.67. The number of aliphatic carboxylic acids is 1. The SMILES string of the molecule is CCCn1c(CCCc2ccc(OC(C)(C)C(=O)O)cc2)cn(Cc2ccc(Cl)c(Cl)c2)c1=O.COc1ccc(CCCC2NC(=O)N(Cc3ccc(Cl)c(Cl)c3)C2=O)cc1. The standard InChI is InChI=1S/C26H30Cl2N2O4.C20H20Cl2N2O3/c1-4-14-30-20(17-29(25(30)33)16-19-10-13-22(27)23(28)15-19)7-5-6-18-8-11-21(12-9-18)34-26(2,3)24(31)32;1-27-15-8-5-13(6-9-15)3-2-4-18-19(25)24(20(26)23-18)12-14-7-10-16(21)17(22)11-14/h8-13,15,17H,4-7,14,16H2,1-3H3,(H,31,32);5-11,18H,2-4,12H2,1H3,(H,23,26). The predicted molar refractivity (Wildman–Crippen MR) is 241 cm³/mol. The number of benzene rings is 4. The van der Waals surface area contributed by atoms with E-state index in [2.05, 4.69) is 12.2 Å². The average molecular weight is 913 g/mol. The van der Waals surface area contributed by atoms with E-state index >= 15 is 0 Å². The van der Waals surface area contributed by atoms with Crippen molar-refractivity contribution < 1.29 is 29.0 Å². The van der Waals surface area contributed by atoms with Crippen LogP contribution in [-0.2, 0) is 48.5 Å². The van der Waals surface area contributed by atoms with Gasteiger partial charge in [0.25, 0.3) is 5.91 Å². The Bertz CT molecular complexity index is 2360. The molecule has 0 saturated carbocycles. The van der Waals surface area contributed by atoms with Gasteiger partial charge in [0, 0.05) is 18.4 Å². The molecule has 2 heterocycles. The van der Waals surface area contributed by atoms with E-state index in [1.807, 2.05) is 53.2 Å². The zero-order valence-electron chi connectivity index (χ0n) is 34.6. The van der Waals surface area contributed by atoms with Crippen LogP contribution in [0.4, 0.5) is 4.79 Å². The molecule has 1 unspecified atom stereocenters. The van der Waals surface area contributed by atoms with E-state index in [1.54, 1.807) is 54.1 Å². The predicted octanol–water partition coefficient (Wildman–Crippen LogP) is 10.3. The molecule has 61 heavy (non-hydrogen) atoms. The van der Waals surface area contributed by atoms with Crippen molar-refractivity contribution in [1.29, 1.82) is 0 Å².